The van der Waals surface area contributed by atoms with Crippen molar-refractivity contribution < 1.29 is 9.13 Å². The van der Waals surface area contributed by atoms with Gasteiger partial charge in [-0.1, -0.05) is 26.8 Å². The van der Waals surface area contributed by atoms with Crippen molar-refractivity contribution in [1.82, 2.24) is 0 Å². The van der Waals surface area contributed by atoms with Crippen LogP contribution in [0.4, 0.5) is 10.1 Å². The van der Waals surface area contributed by atoms with Gasteiger partial charge in [0, 0.05) is 13.1 Å². The van der Waals surface area contributed by atoms with E-state index in [4.69, 9.17) is 4.74 Å². The molecule has 106 valence electrons. The van der Waals surface area contributed by atoms with E-state index >= 15 is 0 Å². The lowest BCUT2D eigenvalue weighted by Crippen LogP contribution is -2.34. The van der Waals surface area contributed by atoms with Gasteiger partial charge in [0.05, 0.1) is 12.8 Å². The maximum Gasteiger partial charge on any atom is 0.142 e. The molecule has 0 saturated carbocycles. The van der Waals surface area contributed by atoms with Gasteiger partial charge in [0.1, 0.15) is 11.9 Å². The third-order valence-corrected chi connectivity index (χ3v) is 3.81. The Kier molecular flexibility index (Phi) is 4.02. The van der Waals surface area contributed by atoms with Gasteiger partial charge in [0.2, 0.25) is 0 Å². The molecule has 0 N–H and O–H groups in total. The first-order valence-electron chi connectivity index (χ1n) is 6.99. The van der Waals surface area contributed by atoms with Gasteiger partial charge < -0.3 is 9.64 Å². The number of hydrogen-bond acceptors (Lipinski definition) is 2. The largest absolute Gasteiger partial charge is 0.495 e. The minimum Gasteiger partial charge on any atom is -0.495 e. The topological polar surface area (TPSA) is 12.5 Å². The van der Waals surface area contributed by atoms with Crippen LogP contribution in [0.3, 0.4) is 0 Å². The summed E-state index contributed by atoms with van der Waals surface area (Å²) in [4.78, 5) is 2.22. The van der Waals surface area contributed by atoms with E-state index in [1.54, 1.807) is 7.11 Å². The maximum absolute atomic E-state index is 13.2. The van der Waals surface area contributed by atoms with Crippen molar-refractivity contribution >= 4 is 5.69 Å². The number of piperidine rings is 1. The molecule has 1 fully saturated rings. The molecule has 19 heavy (non-hydrogen) atoms. The lowest BCUT2D eigenvalue weighted by atomic mass is 9.86. The summed E-state index contributed by atoms with van der Waals surface area (Å²) in [6.45, 7) is 8.11. The molecule has 0 aromatic heterocycles. The second-order valence-corrected chi connectivity index (χ2v) is 6.30. The number of anilines is 1. The predicted octanol–water partition coefficient (Wildman–Crippen LogP) is 3.93. The zero-order chi connectivity index (χ0) is 14.0. The molecular formula is C16H24FNO. The molecule has 0 radical (unpaired) electrons. The van der Waals surface area contributed by atoms with Gasteiger partial charge in [-0.05, 0) is 36.0 Å². The number of rotatable bonds is 2. The van der Waals surface area contributed by atoms with E-state index < -0.39 is 6.17 Å². The number of halogens is 1. The van der Waals surface area contributed by atoms with Gasteiger partial charge in [-0.2, -0.15) is 0 Å². The lowest BCUT2D eigenvalue weighted by Gasteiger charge is -2.32. The fourth-order valence-electron chi connectivity index (χ4n) is 2.49. The molecular weight excluding hydrogens is 241 g/mol. The number of benzene rings is 1. The molecule has 2 nitrogen and oxygen atoms in total. The quantitative estimate of drug-likeness (QED) is 0.803. The Labute approximate surface area is 115 Å². The van der Waals surface area contributed by atoms with E-state index in [9.17, 15) is 4.39 Å². The Morgan fingerprint density at radius 2 is 1.84 bits per heavy atom. The van der Waals surface area contributed by atoms with Crippen molar-refractivity contribution in [2.45, 2.75) is 45.2 Å². The van der Waals surface area contributed by atoms with Gasteiger partial charge in [0.15, 0.2) is 0 Å². The molecule has 1 saturated heterocycles. The molecule has 2 rings (SSSR count). The summed E-state index contributed by atoms with van der Waals surface area (Å²) < 4.78 is 18.7. The van der Waals surface area contributed by atoms with Crippen LogP contribution in [-0.4, -0.2) is 26.4 Å². The van der Waals surface area contributed by atoms with Crippen LogP contribution in [0.15, 0.2) is 18.2 Å². The van der Waals surface area contributed by atoms with Crippen LogP contribution in [0.2, 0.25) is 0 Å². The van der Waals surface area contributed by atoms with Gasteiger partial charge in [-0.15, -0.1) is 0 Å². The first-order valence-corrected chi connectivity index (χ1v) is 6.99. The van der Waals surface area contributed by atoms with Gasteiger partial charge in [-0.25, -0.2) is 4.39 Å². The molecule has 0 amide bonds. The van der Waals surface area contributed by atoms with Crippen molar-refractivity contribution in [2.75, 3.05) is 25.1 Å². The maximum atomic E-state index is 13.2. The van der Waals surface area contributed by atoms with Crippen LogP contribution in [0.5, 0.6) is 5.75 Å². The van der Waals surface area contributed by atoms with Crippen LogP contribution in [0, 0.1) is 0 Å². The summed E-state index contributed by atoms with van der Waals surface area (Å²) >= 11 is 0. The minimum atomic E-state index is -0.643. The smallest absolute Gasteiger partial charge is 0.142 e. The number of nitrogens with zero attached hydrogens (tertiary/aromatic N) is 1. The zero-order valence-electron chi connectivity index (χ0n) is 12.4. The first-order chi connectivity index (χ1) is 8.91. The average Bonchev–Trinajstić information content (AvgIpc) is 2.38. The lowest BCUT2D eigenvalue weighted by molar-refractivity contribution is 0.276. The van der Waals surface area contributed by atoms with Crippen molar-refractivity contribution in [2.24, 2.45) is 0 Å². The van der Waals surface area contributed by atoms with Crippen LogP contribution < -0.4 is 9.64 Å². The molecule has 0 atom stereocenters. The average molecular weight is 265 g/mol. The van der Waals surface area contributed by atoms with Crippen LogP contribution >= 0.6 is 0 Å². The Bertz CT molecular complexity index is 431. The summed E-state index contributed by atoms with van der Waals surface area (Å²) in [6.07, 6.45) is 0.588. The summed E-state index contributed by atoms with van der Waals surface area (Å²) in [5.74, 6) is 0.893. The highest BCUT2D eigenvalue weighted by Crippen LogP contribution is 2.35. The van der Waals surface area contributed by atoms with Crippen molar-refractivity contribution in [3.8, 4) is 5.75 Å². The fraction of sp³-hybridized carbons (Fsp3) is 0.625. The van der Waals surface area contributed by atoms with Crippen LogP contribution in [-0.2, 0) is 5.41 Å². The van der Waals surface area contributed by atoms with Gasteiger partial charge >= 0.3 is 0 Å². The molecule has 0 spiro atoms. The normalized spacial score (nSPS) is 17.6. The Balaban J connectivity index is 2.26. The Hall–Kier alpha value is -1.25. The number of ether oxygens (including phenoxy) is 1. The molecule has 0 aliphatic carbocycles. The molecule has 0 bridgehead atoms. The Morgan fingerprint density at radius 3 is 2.37 bits per heavy atom. The molecule has 0 unspecified atom stereocenters. The molecule has 1 aromatic carbocycles. The predicted molar refractivity (Wildman–Crippen MR) is 78.0 cm³/mol. The minimum absolute atomic E-state index is 0.109. The SMILES string of the molecule is COc1cc(C(C)(C)C)ccc1N1CCC(F)CC1. The Morgan fingerprint density at radius 1 is 1.21 bits per heavy atom. The van der Waals surface area contributed by atoms with Crippen molar-refractivity contribution in [3.05, 3.63) is 23.8 Å². The van der Waals surface area contributed by atoms with E-state index in [2.05, 4.69) is 43.9 Å². The number of methoxy groups -OCH3 is 1. The molecule has 1 aromatic rings. The summed E-state index contributed by atoms with van der Waals surface area (Å²) in [5.41, 5.74) is 2.45. The summed E-state index contributed by atoms with van der Waals surface area (Å²) in [6, 6.07) is 6.37. The summed E-state index contributed by atoms with van der Waals surface area (Å²) in [5, 5.41) is 0. The second-order valence-electron chi connectivity index (χ2n) is 6.30. The highest BCUT2D eigenvalue weighted by molar-refractivity contribution is 5.60. The third-order valence-electron chi connectivity index (χ3n) is 3.81. The number of alkyl halides is 1. The third kappa shape index (κ3) is 3.20. The molecule has 3 heteroatoms. The van der Waals surface area contributed by atoms with Gasteiger partial charge in [-0.3, -0.25) is 0 Å². The fourth-order valence-corrected chi connectivity index (χ4v) is 2.49. The van der Waals surface area contributed by atoms with E-state index in [-0.39, 0.29) is 5.41 Å². The molecule has 1 heterocycles. The van der Waals surface area contributed by atoms with Crippen LogP contribution in [0.1, 0.15) is 39.2 Å². The first kappa shape index (κ1) is 14.2. The highest BCUT2D eigenvalue weighted by Gasteiger charge is 2.22. The van der Waals surface area contributed by atoms with E-state index in [0.29, 0.717) is 12.8 Å². The van der Waals surface area contributed by atoms with E-state index in [0.717, 1.165) is 24.5 Å². The van der Waals surface area contributed by atoms with Crippen molar-refractivity contribution in [3.63, 3.8) is 0 Å². The van der Waals surface area contributed by atoms with E-state index in [1.807, 2.05) is 0 Å². The zero-order valence-corrected chi connectivity index (χ0v) is 12.4. The molecule has 1 aliphatic rings. The van der Waals surface area contributed by atoms with Crippen LogP contribution in [0.25, 0.3) is 0 Å². The monoisotopic (exact) mass is 265 g/mol. The second kappa shape index (κ2) is 5.40. The van der Waals surface area contributed by atoms with E-state index in [1.165, 1.54) is 5.56 Å². The van der Waals surface area contributed by atoms with Gasteiger partial charge in [0.25, 0.3) is 0 Å². The number of hydrogen-bond donors (Lipinski definition) is 0. The summed E-state index contributed by atoms with van der Waals surface area (Å²) in [7, 11) is 1.70. The highest BCUT2D eigenvalue weighted by atomic mass is 19.1. The van der Waals surface area contributed by atoms with Crippen molar-refractivity contribution in [1.29, 1.82) is 0 Å². The molecule has 1 aliphatic heterocycles. The standard InChI is InChI=1S/C16H24FNO/c1-16(2,3)12-5-6-14(15(11-12)19-4)18-9-7-13(17)8-10-18/h5-6,11,13H,7-10H2,1-4H3.